The lowest BCUT2D eigenvalue weighted by atomic mass is 10.2. The standard InChI is InChI=1S/C17H15F2NO5S/c1-11(15(21)20-13-5-3-2-4-6-13)25-16(22)12-7-9-14(10-8-12)26(23,24)17(18)19/h2-11,17H,1H3,(H,20,21). The molecule has 1 N–H and O–H groups in total. The van der Waals surface area contributed by atoms with Gasteiger partial charge in [0.1, 0.15) is 0 Å². The molecular formula is C17H15F2NO5S. The van der Waals surface area contributed by atoms with Crippen LogP contribution in [0.5, 0.6) is 0 Å². The van der Waals surface area contributed by atoms with E-state index < -0.39 is 38.5 Å². The Morgan fingerprint density at radius 3 is 2.12 bits per heavy atom. The van der Waals surface area contributed by atoms with Gasteiger partial charge in [0.05, 0.1) is 10.5 Å². The summed E-state index contributed by atoms with van der Waals surface area (Å²) in [6, 6.07) is 12.4. The highest BCUT2D eigenvalue weighted by atomic mass is 32.2. The van der Waals surface area contributed by atoms with Crippen LogP contribution in [0, 0.1) is 0 Å². The lowest BCUT2D eigenvalue weighted by Gasteiger charge is -2.13. The average Bonchev–Trinajstić information content (AvgIpc) is 2.62. The minimum atomic E-state index is -4.74. The highest BCUT2D eigenvalue weighted by Gasteiger charge is 2.27. The summed E-state index contributed by atoms with van der Waals surface area (Å²) in [6.45, 7) is 1.37. The van der Waals surface area contributed by atoms with Crippen LogP contribution in [0.2, 0.25) is 0 Å². The second-order valence-electron chi connectivity index (χ2n) is 5.23. The minimum absolute atomic E-state index is 0.0717. The molecule has 0 saturated carbocycles. The van der Waals surface area contributed by atoms with E-state index in [0.29, 0.717) is 5.69 Å². The SMILES string of the molecule is CC(OC(=O)c1ccc(S(=O)(=O)C(F)F)cc1)C(=O)Nc1ccccc1. The molecule has 9 heteroatoms. The number of para-hydroxylation sites is 1. The normalized spacial score (nSPS) is 12.5. The van der Waals surface area contributed by atoms with Crippen LogP contribution in [0.25, 0.3) is 0 Å². The zero-order chi connectivity index (χ0) is 19.3. The van der Waals surface area contributed by atoms with Gasteiger partial charge >= 0.3 is 11.7 Å². The van der Waals surface area contributed by atoms with Crippen molar-refractivity contribution in [3.05, 3.63) is 60.2 Å². The molecule has 26 heavy (non-hydrogen) atoms. The molecule has 0 heterocycles. The van der Waals surface area contributed by atoms with Crippen molar-refractivity contribution in [2.45, 2.75) is 23.7 Å². The maximum Gasteiger partial charge on any atom is 0.341 e. The van der Waals surface area contributed by atoms with Gasteiger partial charge in [-0.15, -0.1) is 0 Å². The number of alkyl halides is 2. The van der Waals surface area contributed by atoms with Crippen molar-refractivity contribution in [1.29, 1.82) is 0 Å². The number of amides is 1. The van der Waals surface area contributed by atoms with E-state index in [-0.39, 0.29) is 5.56 Å². The molecule has 1 unspecified atom stereocenters. The fraction of sp³-hybridized carbons (Fsp3) is 0.176. The first-order valence-electron chi connectivity index (χ1n) is 7.41. The predicted molar refractivity (Wildman–Crippen MR) is 89.6 cm³/mol. The molecule has 0 aliphatic carbocycles. The molecule has 0 saturated heterocycles. The molecular weight excluding hydrogens is 368 g/mol. The van der Waals surface area contributed by atoms with Crippen LogP contribution in [0.15, 0.2) is 59.5 Å². The molecule has 0 spiro atoms. The van der Waals surface area contributed by atoms with Crippen LogP contribution in [-0.2, 0) is 19.4 Å². The van der Waals surface area contributed by atoms with E-state index in [2.05, 4.69) is 5.32 Å². The average molecular weight is 383 g/mol. The topological polar surface area (TPSA) is 89.5 Å². The van der Waals surface area contributed by atoms with Gasteiger partial charge in [-0.25, -0.2) is 13.2 Å². The number of hydrogen-bond donors (Lipinski definition) is 1. The summed E-state index contributed by atoms with van der Waals surface area (Å²) in [6.07, 6.45) is -1.12. The van der Waals surface area contributed by atoms with Crippen molar-refractivity contribution < 1.29 is 31.5 Å². The largest absolute Gasteiger partial charge is 0.449 e. The number of sulfone groups is 1. The van der Waals surface area contributed by atoms with Crippen LogP contribution in [0.3, 0.4) is 0 Å². The van der Waals surface area contributed by atoms with Crippen molar-refractivity contribution in [3.63, 3.8) is 0 Å². The van der Waals surface area contributed by atoms with Crippen molar-refractivity contribution in [3.8, 4) is 0 Å². The summed E-state index contributed by atoms with van der Waals surface area (Å²) in [7, 11) is -4.74. The summed E-state index contributed by atoms with van der Waals surface area (Å²) >= 11 is 0. The number of benzene rings is 2. The predicted octanol–water partition coefficient (Wildman–Crippen LogP) is 2.87. The molecule has 1 amide bonds. The molecule has 0 bridgehead atoms. The number of nitrogens with one attached hydrogen (secondary N) is 1. The van der Waals surface area contributed by atoms with Gasteiger partial charge < -0.3 is 10.1 Å². The molecule has 0 aliphatic heterocycles. The number of carbonyl (C=O) groups is 2. The third-order valence-corrected chi connectivity index (χ3v) is 4.75. The number of halogens is 2. The number of rotatable bonds is 6. The van der Waals surface area contributed by atoms with Gasteiger partial charge in [-0.1, -0.05) is 18.2 Å². The highest BCUT2D eigenvalue weighted by molar-refractivity contribution is 7.91. The summed E-state index contributed by atoms with van der Waals surface area (Å²) in [4.78, 5) is 23.4. The third-order valence-electron chi connectivity index (χ3n) is 3.35. The van der Waals surface area contributed by atoms with Gasteiger partial charge in [0.2, 0.25) is 9.84 Å². The summed E-state index contributed by atoms with van der Waals surface area (Å²) < 4.78 is 52.6. The fourth-order valence-electron chi connectivity index (χ4n) is 1.93. The molecule has 0 aromatic heterocycles. The first kappa shape index (κ1) is 19.5. The van der Waals surface area contributed by atoms with Gasteiger partial charge in [0.15, 0.2) is 6.10 Å². The van der Waals surface area contributed by atoms with E-state index >= 15 is 0 Å². The first-order chi connectivity index (χ1) is 12.2. The smallest absolute Gasteiger partial charge is 0.341 e. The van der Waals surface area contributed by atoms with Gasteiger partial charge in [-0.3, -0.25) is 4.79 Å². The molecule has 2 aromatic carbocycles. The van der Waals surface area contributed by atoms with Gasteiger partial charge in [-0.2, -0.15) is 8.78 Å². The fourth-order valence-corrected chi connectivity index (χ4v) is 2.65. The molecule has 0 radical (unpaired) electrons. The summed E-state index contributed by atoms with van der Waals surface area (Å²) in [5.74, 6) is -5.00. The quantitative estimate of drug-likeness (QED) is 0.775. The summed E-state index contributed by atoms with van der Waals surface area (Å²) in [5, 5.41) is 2.56. The van der Waals surface area contributed by atoms with Crippen LogP contribution in [0.1, 0.15) is 17.3 Å². The number of carbonyl (C=O) groups excluding carboxylic acids is 2. The highest BCUT2D eigenvalue weighted by Crippen LogP contribution is 2.19. The number of ether oxygens (including phenoxy) is 1. The lowest BCUT2D eigenvalue weighted by Crippen LogP contribution is -2.30. The Hall–Kier alpha value is -2.81. The van der Waals surface area contributed by atoms with E-state index in [9.17, 15) is 26.8 Å². The zero-order valence-corrected chi connectivity index (χ0v) is 14.4. The Labute approximate surface area is 148 Å². The van der Waals surface area contributed by atoms with Gasteiger partial charge in [0.25, 0.3) is 5.91 Å². The van der Waals surface area contributed by atoms with Gasteiger partial charge in [-0.05, 0) is 43.3 Å². The van der Waals surface area contributed by atoms with Gasteiger partial charge in [0, 0.05) is 5.69 Å². The third kappa shape index (κ3) is 4.63. The Balaban J connectivity index is 2.02. The molecule has 0 aliphatic rings. The van der Waals surface area contributed by atoms with E-state index in [0.717, 1.165) is 24.3 Å². The molecule has 2 rings (SSSR count). The number of anilines is 1. The van der Waals surface area contributed by atoms with E-state index in [4.69, 9.17) is 4.74 Å². The monoisotopic (exact) mass is 383 g/mol. The number of esters is 1. The zero-order valence-electron chi connectivity index (χ0n) is 13.6. The molecule has 1 atom stereocenters. The molecule has 138 valence electrons. The minimum Gasteiger partial charge on any atom is -0.449 e. The van der Waals surface area contributed by atoms with Crippen molar-refractivity contribution in [1.82, 2.24) is 0 Å². The lowest BCUT2D eigenvalue weighted by molar-refractivity contribution is -0.123. The Kier molecular flexibility index (Phi) is 6.04. The van der Waals surface area contributed by atoms with Crippen molar-refractivity contribution >= 4 is 27.4 Å². The Morgan fingerprint density at radius 2 is 1.58 bits per heavy atom. The van der Waals surface area contributed by atoms with Crippen molar-refractivity contribution in [2.24, 2.45) is 0 Å². The molecule has 6 nitrogen and oxygen atoms in total. The Bertz CT molecular complexity index is 883. The second kappa shape index (κ2) is 8.05. The summed E-state index contributed by atoms with van der Waals surface area (Å²) in [5.41, 5.74) is 0.458. The molecule has 0 fully saturated rings. The maximum absolute atomic E-state index is 12.5. The van der Waals surface area contributed by atoms with E-state index in [1.807, 2.05) is 0 Å². The Morgan fingerprint density at radius 1 is 1.00 bits per heavy atom. The van der Waals surface area contributed by atoms with Crippen LogP contribution >= 0.6 is 0 Å². The second-order valence-corrected chi connectivity index (χ2v) is 7.15. The van der Waals surface area contributed by atoms with E-state index in [1.165, 1.54) is 6.92 Å². The van der Waals surface area contributed by atoms with Crippen molar-refractivity contribution in [2.75, 3.05) is 5.32 Å². The molecule has 2 aromatic rings. The van der Waals surface area contributed by atoms with Crippen LogP contribution in [0.4, 0.5) is 14.5 Å². The first-order valence-corrected chi connectivity index (χ1v) is 8.95. The van der Waals surface area contributed by atoms with Crippen LogP contribution < -0.4 is 5.32 Å². The number of hydrogen-bond acceptors (Lipinski definition) is 5. The van der Waals surface area contributed by atoms with Crippen LogP contribution in [-0.4, -0.2) is 32.2 Å². The van der Waals surface area contributed by atoms with E-state index in [1.54, 1.807) is 30.3 Å². The maximum atomic E-state index is 12.5.